The second-order valence-electron chi connectivity index (χ2n) is 3.82. The summed E-state index contributed by atoms with van der Waals surface area (Å²) < 4.78 is 16.5. The molecule has 1 aliphatic carbocycles. The van der Waals surface area contributed by atoms with E-state index in [0.29, 0.717) is 32.2 Å². The summed E-state index contributed by atoms with van der Waals surface area (Å²) in [6, 6.07) is 0. The molecular weight excluding hydrogens is 192 g/mol. The van der Waals surface area contributed by atoms with Gasteiger partial charge in [0.25, 0.3) is 6.29 Å². The summed E-state index contributed by atoms with van der Waals surface area (Å²) >= 11 is 0. The molecule has 0 heterocycles. The first-order chi connectivity index (χ1) is 7.36. The van der Waals surface area contributed by atoms with Gasteiger partial charge in [-0.1, -0.05) is 19.3 Å². The van der Waals surface area contributed by atoms with Crippen LogP contribution in [-0.4, -0.2) is 25.9 Å². The summed E-state index contributed by atoms with van der Waals surface area (Å²) in [4.78, 5) is 0. The van der Waals surface area contributed by atoms with Crippen molar-refractivity contribution in [1.29, 1.82) is 0 Å². The monoisotopic (exact) mass is 215 g/mol. The fraction of sp³-hybridized carbons (Fsp3) is 0.917. The molecule has 1 aliphatic rings. The van der Waals surface area contributed by atoms with Gasteiger partial charge >= 0.3 is 0 Å². The minimum absolute atomic E-state index is 0.348. The van der Waals surface area contributed by atoms with E-state index in [1.165, 1.54) is 19.3 Å². The molecule has 0 aromatic rings. The molecule has 0 bridgehead atoms. The first kappa shape index (κ1) is 12.9. The number of ether oxygens (including phenoxy) is 3. The lowest BCUT2D eigenvalue weighted by Crippen LogP contribution is -2.24. The van der Waals surface area contributed by atoms with E-state index < -0.39 is 0 Å². The van der Waals surface area contributed by atoms with Crippen molar-refractivity contribution in [2.24, 2.45) is 0 Å². The van der Waals surface area contributed by atoms with Crippen molar-refractivity contribution in [3.63, 3.8) is 0 Å². The molecule has 0 amide bonds. The summed E-state index contributed by atoms with van der Waals surface area (Å²) in [6.45, 7) is 5.76. The Morgan fingerprint density at radius 2 is 1.80 bits per heavy atom. The summed E-state index contributed by atoms with van der Waals surface area (Å²) in [5, 5.41) is 0. The van der Waals surface area contributed by atoms with Crippen molar-refractivity contribution < 1.29 is 14.2 Å². The van der Waals surface area contributed by atoms with E-state index in [4.69, 9.17) is 14.2 Å². The smallest absolute Gasteiger partial charge is 0.250 e. The van der Waals surface area contributed by atoms with Gasteiger partial charge in [-0.2, -0.15) is 0 Å². The molecule has 1 radical (unpaired) electrons. The van der Waals surface area contributed by atoms with Gasteiger partial charge < -0.3 is 14.2 Å². The van der Waals surface area contributed by atoms with Gasteiger partial charge in [-0.15, -0.1) is 0 Å². The summed E-state index contributed by atoms with van der Waals surface area (Å²) in [5.74, 6) is 0. The molecule has 1 rings (SSSR count). The molecular formula is C12H23O3. The van der Waals surface area contributed by atoms with Gasteiger partial charge in [0.05, 0.1) is 6.10 Å². The maximum Gasteiger partial charge on any atom is 0.250 e. The van der Waals surface area contributed by atoms with E-state index in [1.54, 1.807) is 0 Å². The Labute approximate surface area is 93.1 Å². The van der Waals surface area contributed by atoms with E-state index in [9.17, 15) is 0 Å². The first-order valence-electron chi connectivity index (χ1n) is 6.09. The lowest BCUT2D eigenvalue weighted by molar-refractivity contribution is -0.115. The SMILES string of the molecule is CCOC[C](OCC)OC1CCCCC1. The zero-order valence-electron chi connectivity index (χ0n) is 9.96. The molecule has 15 heavy (non-hydrogen) atoms. The van der Waals surface area contributed by atoms with Crippen LogP contribution in [0.15, 0.2) is 0 Å². The average molecular weight is 215 g/mol. The van der Waals surface area contributed by atoms with Crippen molar-refractivity contribution in [1.82, 2.24) is 0 Å². The normalized spacial score (nSPS) is 18.6. The molecule has 1 fully saturated rings. The van der Waals surface area contributed by atoms with Crippen molar-refractivity contribution in [3.8, 4) is 0 Å². The molecule has 0 aromatic heterocycles. The predicted molar refractivity (Wildman–Crippen MR) is 59.3 cm³/mol. The number of hydrogen-bond acceptors (Lipinski definition) is 3. The van der Waals surface area contributed by atoms with Gasteiger partial charge in [-0.3, -0.25) is 0 Å². The van der Waals surface area contributed by atoms with E-state index in [-0.39, 0.29) is 0 Å². The molecule has 0 N–H and O–H groups in total. The quantitative estimate of drug-likeness (QED) is 0.653. The van der Waals surface area contributed by atoms with Crippen LogP contribution in [0.5, 0.6) is 0 Å². The topological polar surface area (TPSA) is 27.7 Å². The van der Waals surface area contributed by atoms with E-state index in [0.717, 1.165) is 12.8 Å². The predicted octanol–water partition coefficient (Wildman–Crippen LogP) is 2.90. The van der Waals surface area contributed by atoms with Crippen LogP contribution in [0.4, 0.5) is 0 Å². The lowest BCUT2D eigenvalue weighted by atomic mass is 9.98. The molecule has 0 saturated heterocycles. The third kappa shape index (κ3) is 5.50. The summed E-state index contributed by atoms with van der Waals surface area (Å²) in [6.07, 6.45) is 7.21. The molecule has 0 aliphatic heterocycles. The minimum Gasteiger partial charge on any atom is -0.376 e. The van der Waals surface area contributed by atoms with Gasteiger partial charge in [-0.05, 0) is 26.7 Å². The van der Waals surface area contributed by atoms with Crippen LogP contribution < -0.4 is 0 Å². The van der Waals surface area contributed by atoms with Crippen molar-refractivity contribution in [3.05, 3.63) is 6.29 Å². The van der Waals surface area contributed by atoms with E-state index >= 15 is 0 Å². The van der Waals surface area contributed by atoms with Gasteiger partial charge in [-0.25, -0.2) is 0 Å². The van der Waals surface area contributed by atoms with E-state index in [2.05, 4.69) is 0 Å². The highest BCUT2D eigenvalue weighted by molar-refractivity contribution is 4.72. The Morgan fingerprint density at radius 3 is 2.40 bits per heavy atom. The molecule has 0 unspecified atom stereocenters. The molecule has 3 nitrogen and oxygen atoms in total. The molecule has 0 atom stereocenters. The Balaban J connectivity index is 2.21. The molecule has 3 heteroatoms. The minimum atomic E-state index is 0.348. The zero-order chi connectivity index (χ0) is 10.9. The zero-order valence-corrected chi connectivity index (χ0v) is 9.96. The summed E-state index contributed by atoms with van der Waals surface area (Å²) in [7, 11) is 0. The van der Waals surface area contributed by atoms with Crippen molar-refractivity contribution >= 4 is 0 Å². The van der Waals surface area contributed by atoms with Gasteiger partial charge in [0.1, 0.15) is 6.61 Å². The Bertz CT molecular complexity index is 144. The van der Waals surface area contributed by atoms with Crippen LogP contribution in [0, 0.1) is 6.29 Å². The highest BCUT2D eigenvalue weighted by atomic mass is 16.7. The second kappa shape index (κ2) is 8.08. The first-order valence-corrected chi connectivity index (χ1v) is 6.09. The standard InChI is InChI=1S/C12H23O3/c1-3-13-10-12(14-4-2)15-11-8-6-5-7-9-11/h11H,3-10H2,1-2H3. The fourth-order valence-electron chi connectivity index (χ4n) is 1.82. The molecule has 89 valence electrons. The summed E-state index contributed by atoms with van der Waals surface area (Å²) in [5.41, 5.74) is 0. The highest BCUT2D eigenvalue weighted by Gasteiger charge is 2.20. The Morgan fingerprint density at radius 1 is 1.07 bits per heavy atom. The van der Waals surface area contributed by atoms with Crippen LogP contribution in [0.1, 0.15) is 46.0 Å². The van der Waals surface area contributed by atoms with Gasteiger partial charge in [0, 0.05) is 13.2 Å². The molecule has 0 aromatic carbocycles. The molecule has 1 saturated carbocycles. The Kier molecular flexibility index (Phi) is 6.98. The Hall–Kier alpha value is -0.120. The van der Waals surface area contributed by atoms with Gasteiger partial charge in [0.15, 0.2) is 0 Å². The third-order valence-corrected chi connectivity index (χ3v) is 2.58. The number of rotatable bonds is 7. The third-order valence-electron chi connectivity index (χ3n) is 2.58. The highest BCUT2D eigenvalue weighted by Crippen LogP contribution is 2.23. The lowest BCUT2D eigenvalue weighted by Gasteiger charge is -2.26. The van der Waals surface area contributed by atoms with Crippen molar-refractivity contribution in [2.75, 3.05) is 19.8 Å². The molecule has 0 spiro atoms. The van der Waals surface area contributed by atoms with E-state index in [1.807, 2.05) is 13.8 Å². The van der Waals surface area contributed by atoms with Crippen molar-refractivity contribution in [2.45, 2.75) is 52.1 Å². The van der Waals surface area contributed by atoms with Crippen LogP contribution in [0.3, 0.4) is 0 Å². The van der Waals surface area contributed by atoms with Gasteiger partial charge in [0.2, 0.25) is 0 Å². The average Bonchev–Trinajstić information content (AvgIpc) is 2.28. The second-order valence-corrected chi connectivity index (χ2v) is 3.82. The van der Waals surface area contributed by atoms with Crippen LogP contribution in [0.2, 0.25) is 0 Å². The largest absolute Gasteiger partial charge is 0.376 e. The number of hydrogen-bond donors (Lipinski definition) is 0. The maximum atomic E-state index is 5.80. The van der Waals surface area contributed by atoms with Crippen LogP contribution >= 0.6 is 0 Å². The fourth-order valence-corrected chi connectivity index (χ4v) is 1.82. The maximum absolute atomic E-state index is 5.80. The van der Waals surface area contributed by atoms with Crippen LogP contribution in [0.25, 0.3) is 0 Å². The van der Waals surface area contributed by atoms with Crippen LogP contribution in [-0.2, 0) is 14.2 Å².